The van der Waals surface area contributed by atoms with Crippen LogP contribution >= 0.6 is 23.2 Å². The fraction of sp³-hybridized carbons (Fsp3) is 0.417. The van der Waals surface area contributed by atoms with Crippen molar-refractivity contribution in [2.45, 2.75) is 19.4 Å². The molecule has 0 saturated carbocycles. The standard InChI is InChI=1S/C12H15Cl2NO2/c1-15(6-2-3-12(16)17)8-9-4-5-10(13)11(14)7-9/h4-5,7H,2-3,6,8H2,1H3,(H,16,17). The van der Waals surface area contributed by atoms with E-state index in [4.69, 9.17) is 28.3 Å². The molecule has 1 rings (SSSR count). The Morgan fingerprint density at radius 1 is 1.35 bits per heavy atom. The van der Waals surface area contributed by atoms with E-state index in [2.05, 4.69) is 4.90 Å². The van der Waals surface area contributed by atoms with Crippen LogP contribution in [-0.2, 0) is 11.3 Å². The van der Waals surface area contributed by atoms with E-state index in [1.807, 2.05) is 19.2 Å². The molecule has 0 aliphatic heterocycles. The van der Waals surface area contributed by atoms with Crippen LogP contribution in [0.3, 0.4) is 0 Å². The van der Waals surface area contributed by atoms with Gasteiger partial charge in [0.25, 0.3) is 0 Å². The smallest absolute Gasteiger partial charge is 0.303 e. The summed E-state index contributed by atoms with van der Waals surface area (Å²) >= 11 is 11.7. The van der Waals surface area contributed by atoms with E-state index in [1.165, 1.54) is 0 Å². The van der Waals surface area contributed by atoms with Crippen LogP contribution in [-0.4, -0.2) is 29.6 Å². The summed E-state index contributed by atoms with van der Waals surface area (Å²) in [4.78, 5) is 12.4. The Bertz CT molecular complexity index is 396. The molecule has 0 amide bonds. The predicted octanol–water partition coefficient (Wildman–Crippen LogP) is 3.29. The third kappa shape index (κ3) is 5.39. The number of aliphatic carboxylic acids is 1. The highest BCUT2D eigenvalue weighted by Gasteiger charge is 2.04. The number of benzene rings is 1. The Morgan fingerprint density at radius 2 is 2.06 bits per heavy atom. The molecule has 1 aromatic carbocycles. The third-order valence-electron chi connectivity index (χ3n) is 2.37. The van der Waals surface area contributed by atoms with Gasteiger partial charge in [0, 0.05) is 13.0 Å². The van der Waals surface area contributed by atoms with Gasteiger partial charge in [0.05, 0.1) is 10.0 Å². The van der Waals surface area contributed by atoms with E-state index in [0.717, 1.165) is 18.7 Å². The Labute approximate surface area is 111 Å². The van der Waals surface area contributed by atoms with Gasteiger partial charge < -0.3 is 10.0 Å². The van der Waals surface area contributed by atoms with Crippen molar-refractivity contribution < 1.29 is 9.90 Å². The molecule has 0 aliphatic carbocycles. The maximum Gasteiger partial charge on any atom is 0.303 e. The van der Waals surface area contributed by atoms with Crippen LogP contribution in [0.1, 0.15) is 18.4 Å². The van der Waals surface area contributed by atoms with Gasteiger partial charge in [-0.3, -0.25) is 4.79 Å². The first-order valence-corrected chi connectivity index (χ1v) is 6.09. The molecule has 17 heavy (non-hydrogen) atoms. The van der Waals surface area contributed by atoms with Crippen LogP contribution in [0, 0.1) is 0 Å². The summed E-state index contributed by atoms with van der Waals surface area (Å²) in [5.41, 5.74) is 1.07. The number of carboxylic acids is 1. The van der Waals surface area contributed by atoms with Gasteiger partial charge in [0.1, 0.15) is 0 Å². The molecular formula is C12H15Cl2NO2. The maximum absolute atomic E-state index is 10.4. The fourth-order valence-electron chi connectivity index (χ4n) is 1.53. The highest BCUT2D eigenvalue weighted by atomic mass is 35.5. The van der Waals surface area contributed by atoms with Crippen LogP contribution in [0.5, 0.6) is 0 Å². The molecule has 0 radical (unpaired) electrons. The minimum Gasteiger partial charge on any atom is -0.481 e. The molecule has 0 unspecified atom stereocenters. The lowest BCUT2D eigenvalue weighted by Gasteiger charge is -2.16. The summed E-state index contributed by atoms with van der Waals surface area (Å²) in [7, 11) is 1.95. The van der Waals surface area contributed by atoms with Gasteiger partial charge in [0.2, 0.25) is 0 Å². The number of carbonyl (C=O) groups is 1. The molecule has 1 N–H and O–H groups in total. The molecule has 94 valence electrons. The minimum atomic E-state index is -0.757. The van der Waals surface area contributed by atoms with Crippen LogP contribution in [0.15, 0.2) is 18.2 Å². The molecule has 0 bridgehead atoms. The van der Waals surface area contributed by atoms with Crippen LogP contribution in [0.2, 0.25) is 10.0 Å². The van der Waals surface area contributed by atoms with Crippen LogP contribution in [0.4, 0.5) is 0 Å². The summed E-state index contributed by atoms with van der Waals surface area (Å²) in [5, 5.41) is 9.62. The molecule has 3 nitrogen and oxygen atoms in total. The minimum absolute atomic E-state index is 0.200. The maximum atomic E-state index is 10.4. The largest absolute Gasteiger partial charge is 0.481 e. The van der Waals surface area contributed by atoms with Crippen molar-refractivity contribution in [3.05, 3.63) is 33.8 Å². The molecule has 0 aliphatic rings. The van der Waals surface area contributed by atoms with E-state index < -0.39 is 5.97 Å². The second kappa shape index (κ2) is 6.84. The molecule has 0 heterocycles. The van der Waals surface area contributed by atoms with Crippen LogP contribution in [0.25, 0.3) is 0 Å². The molecule has 0 atom stereocenters. The quantitative estimate of drug-likeness (QED) is 0.866. The van der Waals surface area contributed by atoms with Gasteiger partial charge in [-0.1, -0.05) is 29.3 Å². The number of hydrogen-bond acceptors (Lipinski definition) is 2. The Balaban J connectivity index is 2.42. The van der Waals surface area contributed by atoms with Gasteiger partial charge in [-0.05, 0) is 37.7 Å². The Kier molecular flexibility index (Phi) is 5.75. The average Bonchev–Trinajstić information content (AvgIpc) is 2.23. The van der Waals surface area contributed by atoms with E-state index in [-0.39, 0.29) is 6.42 Å². The zero-order valence-electron chi connectivity index (χ0n) is 9.62. The second-order valence-electron chi connectivity index (χ2n) is 3.98. The lowest BCUT2D eigenvalue weighted by Crippen LogP contribution is -2.19. The normalized spacial score (nSPS) is 10.8. The van der Waals surface area contributed by atoms with E-state index in [0.29, 0.717) is 16.5 Å². The summed E-state index contributed by atoms with van der Waals surface area (Å²) in [5.74, 6) is -0.757. The first kappa shape index (κ1) is 14.3. The molecule has 1 aromatic rings. The molecule has 0 spiro atoms. The van der Waals surface area contributed by atoms with Gasteiger partial charge >= 0.3 is 5.97 Å². The molecule has 0 saturated heterocycles. The molecule has 5 heteroatoms. The zero-order valence-corrected chi connectivity index (χ0v) is 11.1. The van der Waals surface area contributed by atoms with Gasteiger partial charge in [-0.2, -0.15) is 0 Å². The zero-order chi connectivity index (χ0) is 12.8. The van der Waals surface area contributed by atoms with Crippen molar-refractivity contribution in [3.8, 4) is 0 Å². The van der Waals surface area contributed by atoms with Gasteiger partial charge in [-0.25, -0.2) is 0 Å². The van der Waals surface area contributed by atoms with Crippen molar-refractivity contribution >= 4 is 29.2 Å². The van der Waals surface area contributed by atoms with E-state index in [9.17, 15) is 4.79 Å². The van der Waals surface area contributed by atoms with Gasteiger partial charge in [-0.15, -0.1) is 0 Å². The number of halogens is 2. The number of rotatable bonds is 6. The van der Waals surface area contributed by atoms with Crippen molar-refractivity contribution in [1.29, 1.82) is 0 Å². The lowest BCUT2D eigenvalue weighted by atomic mass is 10.2. The fourth-order valence-corrected chi connectivity index (χ4v) is 1.85. The van der Waals surface area contributed by atoms with E-state index in [1.54, 1.807) is 6.07 Å². The first-order chi connectivity index (χ1) is 7.99. The van der Waals surface area contributed by atoms with Crippen molar-refractivity contribution in [3.63, 3.8) is 0 Å². The first-order valence-electron chi connectivity index (χ1n) is 5.33. The summed E-state index contributed by atoms with van der Waals surface area (Å²) < 4.78 is 0. The summed E-state index contributed by atoms with van der Waals surface area (Å²) in [6, 6.07) is 5.52. The monoisotopic (exact) mass is 275 g/mol. The Morgan fingerprint density at radius 3 is 2.65 bits per heavy atom. The average molecular weight is 276 g/mol. The van der Waals surface area contributed by atoms with Crippen molar-refractivity contribution in [1.82, 2.24) is 4.90 Å². The highest BCUT2D eigenvalue weighted by Crippen LogP contribution is 2.23. The molecule has 0 fully saturated rings. The van der Waals surface area contributed by atoms with E-state index >= 15 is 0 Å². The predicted molar refractivity (Wildman–Crippen MR) is 69.7 cm³/mol. The van der Waals surface area contributed by atoms with Crippen molar-refractivity contribution in [2.75, 3.05) is 13.6 Å². The topological polar surface area (TPSA) is 40.5 Å². The summed E-state index contributed by atoms with van der Waals surface area (Å²) in [6.45, 7) is 1.48. The highest BCUT2D eigenvalue weighted by molar-refractivity contribution is 6.42. The Hall–Kier alpha value is -0.770. The second-order valence-corrected chi connectivity index (χ2v) is 4.80. The van der Waals surface area contributed by atoms with Crippen molar-refractivity contribution in [2.24, 2.45) is 0 Å². The third-order valence-corrected chi connectivity index (χ3v) is 3.11. The number of nitrogens with zero attached hydrogens (tertiary/aromatic N) is 1. The van der Waals surface area contributed by atoms with Crippen LogP contribution < -0.4 is 0 Å². The molecular weight excluding hydrogens is 261 g/mol. The van der Waals surface area contributed by atoms with Gasteiger partial charge in [0.15, 0.2) is 0 Å². The SMILES string of the molecule is CN(CCCC(=O)O)Cc1ccc(Cl)c(Cl)c1. The number of hydrogen-bond donors (Lipinski definition) is 1. The number of carboxylic acid groups (broad SMARTS) is 1. The molecule has 0 aromatic heterocycles. The lowest BCUT2D eigenvalue weighted by molar-refractivity contribution is -0.137. The summed E-state index contributed by atoms with van der Waals surface area (Å²) in [6.07, 6.45) is 0.846.